The summed E-state index contributed by atoms with van der Waals surface area (Å²) in [5.74, 6) is -1.45. The van der Waals surface area contributed by atoms with Crippen LogP contribution in [-0.2, 0) is 6.54 Å². The Bertz CT molecular complexity index is 701. The zero-order valence-electron chi connectivity index (χ0n) is 11.3. The summed E-state index contributed by atoms with van der Waals surface area (Å²) in [6, 6.07) is 9.95. The summed E-state index contributed by atoms with van der Waals surface area (Å²) in [6.07, 6.45) is 0. The molecule has 108 valence electrons. The first kappa shape index (κ1) is 15.0. The van der Waals surface area contributed by atoms with Gasteiger partial charge >= 0.3 is 5.97 Å². The van der Waals surface area contributed by atoms with Crippen molar-refractivity contribution in [2.45, 2.75) is 13.5 Å². The maximum absolute atomic E-state index is 12.0. The van der Waals surface area contributed by atoms with Crippen LogP contribution in [-0.4, -0.2) is 22.0 Å². The molecule has 0 radical (unpaired) electrons. The van der Waals surface area contributed by atoms with Crippen molar-refractivity contribution < 1.29 is 14.7 Å². The smallest absolute Gasteiger partial charge is 0.337 e. The molecule has 6 heteroatoms. The third kappa shape index (κ3) is 3.58. The number of nitrogens with zero attached hydrogens (tertiary/aromatic N) is 1. The van der Waals surface area contributed by atoms with Crippen LogP contribution in [0.4, 0.5) is 0 Å². The van der Waals surface area contributed by atoms with Crippen LogP contribution < -0.4 is 5.32 Å². The van der Waals surface area contributed by atoms with Crippen molar-refractivity contribution in [2.75, 3.05) is 0 Å². The highest BCUT2D eigenvalue weighted by Gasteiger charge is 2.13. The van der Waals surface area contributed by atoms with E-state index in [4.69, 9.17) is 16.7 Å². The zero-order chi connectivity index (χ0) is 15.4. The third-order valence-corrected chi connectivity index (χ3v) is 3.31. The van der Waals surface area contributed by atoms with E-state index in [9.17, 15) is 9.59 Å². The van der Waals surface area contributed by atoms with Crippen molar-refractivity contribution in [2.24, 2.45) is 0 Å². The highest BCUT2D eigenvalue weighted by atomic mass is 35.5. The molecular formula is C15H13ClN2O3. The Morgan fingerprint density at radius 1 is 1.24 bits per heavy atom. The second kappa shape index (κ2) is 6.37. The molecule has 0 fully saturated rings. The second-order valence-electron chi connectivity index (χ2n) is 4.41. The number of hydrogen-bond donors (Lipinski definition) is 2. The summed E-state index contributed by atoms with van der Waals surface area (Å²) in [4.78, 5) is 26.9. The molecule has 1 aromatic carbocycles. The molecule has 1 heterocycles. The molecule has 0 bridgehead atoms. The molecule has 0 saturated heterocycles. The van der Waals surface area contributed by atoms with Crippen LogP contribution in [0.5, 0.6) is 0 Å². The van der Waals surface area contributed by atoms with Gasteiger partial charge < -0.3 is 10.4 Å². The summed E-state index contributed by atoms with van der Waals surface area (Å²) in [7, 11) is 0. The number of aromatic nitrogens is 1. The van der Waals surface area contributed by atoms with Crippen LogP contribution in [0, 0.1) is 6.92 Å². The number of carboxylic acid groups (broad SMARTS) is 1. The largest absolute Gasteiger partial charge is 0.478 e. The molecule has 5 nitrogen and oxygen atoms in total. The molecule has 1 amide bonds. The first-order valence-corrected chi connectivity index (χ1v) is 6.59. The van der Waals surface area contributed by atoms with Gasteiger partial charge in [0.2, 0.25) is 0 Å². The van der Waals surface area contributed by atoms with Crippen LogP contribution in [0.2, 0.25) is 5.02 Å². The lowest BCUT2D eigenvalue weighted by atomic mass is 10.2. The van der Waals surface area contributed by atoms with Crippen molar-refractivity contribution in [3.05, 3.63) is 63.9 Å². The van der Waals surface area contributed by atoms with E-state index in [1.807, 2.05) is 18.2 Å². The number of carboxylic acids is 1. The van der Waals surface area contributed by atoms with E-state index in [-0.39, 0.29) is 23.7 Å². The van der Waals surface area contributed by atoms with Crippen LogP contribution in [0.15, 0.2) is 36.4 Å². The number of amides is 1. The van der Waals surface area contributed by atoms with Gasteiger partial charge in [0, 0.05) is 11.6 Å². The van der Waals surface area contributed by atoms with Gasteiger partial charge in [0.1, 0.15) is 5.69 Å². The number of pyridine rings is 1. The molecule has 0 aliphatic heterocycles. The number of halogens is 1. The molecule has 0 aliphatic rings. The molecule has 2 N–H and O–H groups in total. The normalized spacial score (nSPS) is 10.2. The molecular weight excluding hydrogens is 292 g/mol. The molecule has 2 aromatic rings. The van der Waals surface area contributed by atoms with Gasteiger partial charge in [0.15, 0.2) is 0 Å². The van der Waals surface area contributed by atoms with Crippen molar-refractivity contribution in [3.63, 3.8) is 0 Å². The number of hydrogen-bond acceptors (Lipinski definition) is 3. The summed E-state index contributed by atoms with van der Waals surface area (Å²) >= 11 is 6.00. The molecule has 0 atom stereocenters. The number of nitrogens with one attached hydrogen (secondary N) is 1. The number of rotatable bonds is 4. The second-order valence-corrected chi connectivity index (χ2v) is 4.82. The average molecular weight is 305 g/mol. The van der Waals surface area contributed by atoms with E-state index < -0.39 is 5.97 Å². The van der Waals surface area contributed by atoms with Crippen LogP contribution >= 0.6 is 11.6 Å². The first-order chi connectivity index (χ1) is 9.99. The van der Waals surface area contributed by atoms with Gasteiger partial charge in [0.25, 0.3) is 5.91 Å². The minimum Gasteiger partial charge on any atom is -0.478 e. The molecule has 0 aliphatic carbocycles. The van der Waals surface area contributed by atoms with Crippen LogP contribution in [0.3, 0.4) is 0 Å². The van der Waals surface area contributed by atoms with E-state index in [1.165, 1.54) is 12.1 Å². The highest BCUT2D eigenvalue weighted by Crippen LogP contribution is 2.14. The van der Waals surface area contributed by atoms with Gasteiger partial charge in [0.05, 0.1) is 11.3 Å². The van der Waals surface area contributed by atoms with Gasteiger partial charge in [-0.3, -0.25) is 4.79 Å². The topological polar surface area (TPSA) is 79.3 Å². The summed E-state index contributed by atoms with van der Waals surface area (Å²) in [5, 5.41) is 12.2. The Morgan fingerprint density at radius 2 is 1.95 bits per heavy atom. The summed E-state index contributed by atoms with van der Waals surface area (Å²) < 4.78 is 0. The Balaban J connectivity index is 2.09. The zero-order valence-corrected chi connectivity index (χ0v) is 12.0. The Morgan fingerprint density at radius 3 is 2.57 bits per heavy atom. The first-order valence-electron chi connectivity index (χ1n) is 6.21. The van der Waals surface area contributed by atoms with E-state index in [2.05, 4.69) is 10.3 Å². The number of aryl methyl sites for hydroxylation is 1. The number of carbonyl (C=O) groups excluding carboxylic acids is 1. The minimum absolute atomic E-state index is 0.0812. The lowest BCUT2D eigenvalue weighted by Gasteiger charge is -2.07. The van der Waals surface area contributed by atoms with Gasteiger partial charge in [-0.05, 0) is 30.7 Å². The van der Waals surface area contributed by atoms with E-state index >= 15 is 0 Å². The minimum atomic E-state index is -1.07. The number of aromatic carboxylic acids is 1. The van der Waals surface area contributed by atoms with Gasteiger partial charge in [-0.2, -0.15) is 0 Å². The molecule has 0 spiro atoms. The predicted molar refractivity (Wildman–Crippen MR) is 78.6 cm³/mol. The Labute approximate surface area is 126 Å². The quantitative estimate of drug-likeness (QED) is 0.910. The van der Waals surface area contributed by atoms with Crippen molar-refractivity contribution in [3.8, 4) is 0 Å². The van der Waals surface area contributed by atoms with E-state index in [0.717, 1.165) is 5.56 Å². The molecule has 1 aromatic heterocycles. The fraction of sp³-hybridized carbons (Fsp3) is 0.133. The fourth-order valence-electron chi connectivity index (χ4n) is 1.82. The van der Waals surface area contributed by atoms with Crippen molar-refractivity contribution >= 4 is 23.5 Å². The molecule has 2 rings (SSSR count). The lowest BCUT2D eigenvalue weighted by Crippen LogP contribution is -2.24. The van der Waals surface area contributed by atoms with E-state index in [1.54, 1.807) is 13.0 Å². The Kier molecular flexibility index (Phi) is 4.55. The molecule has 0 unspecified atom stereocenters. The maximum atomic E-state index is 12.0. The monoisotopic (exact) mass is 304 g/mol. The standard InChI is InChI=1S/C15H13ClN2O3/c1-9-11(15(20)21)6-7-13(18-9)14(19)17-8-10-4-2-3-5-12(10)16/h2-7H,8H2,1H3,(H,17,19)(H,20,21). The Hall–Kier alpha value is -2.40. The number of carbonyl (C=O) groups is 2. The van der Waals surface area contributed by atoms with Crippen LogP contribution in [0.1, 0.15) is 32.1 Å². The predicted octanol–water partition coefficient (Wildman–Crippen LogP) is 2.67. The van der Waals surface area contributed by atoms with Gasteiger partial charge in [-0.15, -0.1) is 0 Å². The maximum Gasteiger partial charge on any atom is 0.337 e. The summed E-state index contributed by atoms with van der Waals surface area (Å²) in [6.45, 7) is 1.83. The molecule has 0 saturated carbocycles. The van der Waals surface area contributed by atoms with Gasteiger partial charge in [-0.1, -0.05) is 29.8 Å². The molecule has 21 heavy (non-hydrogen) atoms. The SMILES string of the molecule is Cc1nc(C(=O)NCc2ccccc2Cl)ccc1C(=O)O. The summed E-state index contributed by atoms with van der Waals surface area (Å²) in [5.41, 5.74) is 1.35. The highest BCUT2D eigenvalue weighted by molar-refractivity contribution is 6.31. The van der Waals surface area contributed by atoms with E-state index in [0.29, 0.717) is 10.7 Å². The van der Waals surface area contributed by atoms with Crippen LogP contribution in [0.25, 0.3) is 0 Å². The van der Waals surface area contributed by atoms with Crippen molar-refractivity contribution in [1.82, 2.24) is 10.3 Å². The lowest BCUT2D eigenvalue weighted by molar-refractivity contribution is 0.0694. The average Bonchev–Trinajstić information content (AvgIpc) is 2.45. The fourth-order valence-corrected chi connectivity index (χ4v) is 2.02. The number of benzene rings is 1. The third-order valence-electron chi connectivity index (χ3n) is 2.95. The van der Waals surface area contributed by atoms with Crippen molar-refractivity contribution in [1.29, 1.82) is 0 Å². The van der Waals surface area contributed by atoms with Gasteiger partial charge in [-0.25, -0.2) is 9.78 Å².